The van der Waals surface area contributed by atoms with Gasteiger partial charge in [-0.2, -0.15) is 0 Å². The molecule has 0 saturated carbocycles. The summed E-state index contributed by atoms with van der Waals surface area (Å²) < 4.78 is 5.18. The van der Waals surface area contributed by atoms with Gasteiger partial charge in [0.25, 0.3) is 0 Å². The highest BCUT2D eigenvalue weighted by Gasteiger charge is 2.26. The van der Waals surface area contributed by atoms with E-state index in [9.17, 15) is 9.59 Å². The summed E-state index contributed by atoms with van der Waals surface area (Å²) in [4.78, 5) is 27.4. The third kappa shape index (κ3) is 6.25. The van der Waals surface area contributed by atoms with Crippen LogP contribution in [0.4, 0.5) is 0 Å². The van der Waals surface area contributed by atoms with Crippen molar-refractivity contribution in [2.24, 2.45) is 0 Å². The molecule has 0 amide bonds. The van der Waals surface area contributed by atoms with E-state index in [4.69, 9.17) is 4.74 Å². The second-order valence-electron chi connectivity index (χ2n) is 8.20. The van der Waals surface area contributed by atoms with Crippen LogP contribution < -0.4 is 0 Å². The molecule has 160 valence electrons. The molecule has 0 N–H and O–H groups in total. The van der Waals surface area contributed by atoms with Gasteiger partial charge >= 0.3 is 5.97 Å². The van der Waals surface area contributed by atoms with Crippen molar-refractivity contribution in [3.63, 3.8) is 0 Å². The first-order valence-corrected chi connectivity index (χ1v) is 10.7. The fraction of sp³-hybridized carbons (Fsp3) is 0.440. The van der Waals surface area contributed by atoms with Crippen LogP contribution in [0.25, 0.3) is 0 Å². The lowest BCUT2D eigenvalue weighted by Gasteiger charge is -2.39. The third-order valence-electron chi connectivity index (χ3n) is 5.62. The number of hydrogen-bond donors (Lipinski definition) is 0. The zero-order valence-corrected chi connectivity index (χ0v) is 18.3. The maximum absolute atomic E-state index is 11.5. The Morgan fingerprint density at radius 2 is 1.37 bits per heavy atom. The van der Waals surface area contributed by atoms with Crippen molar-refractivity contribution in [1.82, 2.24) is 9.80 Å². The number of piperazine rings is 1. The Labute approximate surface area is 179 Å². The highest BCUT2D eigenvalue weighted by atomic mass is 16.5. The molecule has 1 saturated heterocycles. The van der Waals surface area contributed by atoms with E-state index >= 15 is 0 Å². The minimum atomic E-state index is -0.431. The van der Waals surface area contributed by atoms with E-state index < -0.39 is 5.97 Å². The van der Waals surface area contributed by atoms with Crippen molar-refractivity contribution in [3.05, 3.63) is 70.8 Å². The lowest BCUT2D eigenvalue weighted by Crippen LogP contribution is -2.48. The van der Waals surface area contributed by atoms with E-state index in [1.165, 1.54) is 29.2 Å². The first kappa shape index (κ1) is 22.2. The van der Waals surface area contributed by atoms with Gasteiger partial charge in [-0.15, -0.1) is 0 Å². The summed E-state index contributed by atoms with van der Waals surface area (Å²) in [5.41, 5.74) is 5.17. The van der Waals surface area contributed by atoms with Crippen molar-refractivity contribution >= 4 is 11.8 Å². The number of ether oxygens (including phenoxy) is 1. The number of hydrogen-bond acceptors (Lipinski definition) is 5. The number of carbonyl (C=O) groups is 2. The number of aryl methyl sites for hydroxylation is 2. The zero-order chi connectivity index (χ0) is 21.5. The summed E-state index contributed by atoms with van der Waals surface area (Å²) in [5, 5.41) is 0. The topological polar surface area (TPSA) is 49.9 Å². The van der Waals surface area contributed by atoms with Gasteiger partial charge < -0.3 is 4.74 Å². The fourth-order valence-corrected chi connectivity index (χ4v) is 3.90. The third-order valence-corrected chi connectivity index (χ3v) is 5.62. The first-order valence-electron chi connectivity index (χ1n) is 10.7. The van der Waals surface area contributed by atoms with Gasteiger partial charge in [0.15, 0.2) is 0 Å². The van der Waals surface area contributed by atoms with E-state index in [0.29, 0.717) is 13.2 Å². The number of ketones is 1. The van der Waals surface area contributed by atoms with Crippen LogP contribution in [0.1, 0.15) is 41.6 Å². The summed E-state index contributed by atoms with van der Waals surface area (Å²) in [5.74, 6) is -0.591. The van der Waals surface area contributed by atoms with E-state index in [2.05, 4.69) is 72.2 Å². The van der Waals surface area contributed by atoms with E-state index in [1.54, 1.807) is 0 Å². The second kappa shape index (κ2) is 10.5. The average Bonchev–Trinajstić information content (AvgIpc) is 2.71. The molecule has 0 aliphatic carbocycles. The van der Waals surface area contributed by atoms with Crippen LogP contribution in [0, 0.1) is 13.8 Å². The zero-order valence-electron chi connectivity index (χ0n) is 18.3. The molecule has 30 heavy (non-hydrogen) atoms. The fourth-order valence-electron chi connectivity index (χ4n) is 3.90. The molecule has 3 rings (SSSR count). The molecule has 0 spiro atoms. The average molecular weight is 409 g/mol. The molecule has 1 fully saturated rings. The molecule has 2 aromatic rings. The Hall–Kier alpha value is -2.50. The van der Waals surface area contributed by atoms with E-state index in [1.807, 2.05) is 0 Å². The standard InChI is InChI=1S/C25H32N2O3/c1-19-4-8-22(9-5-19)25(23-10-6-20(2)7-11-23)27-14-12-26(13-15-27)16-17-30-24(29)18-21(3)28/h4-11,25H,12-18H2,1-3H3. The summed E-state index contributed by atoms with van der Waals surface area (Å²) in [6.45, 7) is 10.4. The Balaban J connectivity index is 1.61. The normalized spacial score (nSPS) is 15.3. The van der Waals surface area contributed by atoms with Crippen LogP contribution >= 0.6 is 0 Å². The number of rotatable bonds is 8. The van der Waals surface area contributed by atoms with Gasteiger partial charge in [0.1, 0.15) is 18.8 Å². The minimum absolute atomic E-state index is 0.136. The molecule has 0 unspecified atom stereocenters. The second-order valence-corrected chi connectivity index (χ2v) is 8.20. The van der Waals surface area contributed by atoms with Gasteiger partial charge in [0.2, 0.25) is 0 Å². The van der Waals surface area contributed by atoms with Crippen LogP contribution in [0.15, 0.2) is 48.5 Å². The van der Waals surface area contributed by atoms with Gasteiger partial charge in [-0.05, 0) is 31.9 Å². The highest BCUT2D eigenvalue weighted by Crippen LogP contribution is 2.30. The maximum atomic E-state index is 11.5. The Morgan fingerprint density at radius 3 is 1.83 bits per heavy atom. The van der Waals surface area contributed by atoms with Gasteiger partial charge in [-0.1, -0.05) is 59.7 Å². The molecule has 0 bridgehead atoms. The van der Waals surface area contributed by atoms with Gasteiger partial charge in [-0.3, -0.25) is 19.4 Å². The summed E-state index contributed by atoms with van der Waals surface area (Å²) in [7, 11) is 0. The van der Waals surface area contributed by atoms with Gasteiger partial charge in [-0.25, -0.2) is 0 Å². The monoisotopic (exact) mass is 408 g/mol. The summed E-state index contributed by atoms with van der Waals surface area (Å²) in [6, 6.07) is 17.9. The van der Waals surface area contributed by atoms with Crippen molar-refractivity contribution < 1.29 is 14.3 Å². The smallest absolute Gasteiger partial charge is 0.313 e. The minimum Gasteiger partial charge on any atom is -0.464 e. The van der Waals surface area contributed by atoms with Gasteiger partial charge in [0.05, 0.1) is 6.04 Å². The Morgan fingerprint density at radius 1 is 0.867 bits per heavy atom. The van der Waals surface area contributed by atoms with E-state index in [-0.39, 0.29) is 18.2 Å². The molecule has 1 aliphatic heterocycles. The van der Waals surface area contributed by atoms with Crippen molar-refractivity contribution in [2.45, 2.75) is 33.2 Å². The van der Waals surface area contributed by atoms with Crippen LogP contribution in [0.5, 0.6) is 0 Å². The SMILES string of the molecule is CC(=O)CC(=O)OCCN1CCN(C(c2ccc(C)cc2)c2ccc(C)cc2)CC1. The molecule has 1 aliphatic rings. The quantitative estimate of drug-likeness (QED) is 0.494. The largest absolute Gasteiger partial charge is 0.464 e. The molecule has 5 heteroatoms. The van der Waals surface area contributed by atoms with Crippen LogP contribution in [0.3, 0.4) is 0 Å². The van der Waals surface area contributed by atoms with Crippen molar-refractivity contribution in [2.75, 3.05) is 39.3 Å². The van der Waals surface area contributed by atoms with E-state index in [0.717, 1.165) is 26.2 Å². The Bertz CT molecular complexity index is 792. The number of Topliss-reactive ketones (excluding diaryl/α,β-unsaturated/α-hetero) is 1. The van der Waals surface area contributed by atoms with Crippen molar-refractivity contribution in [3.8, 4) is 0 Å². The van der Waals surface area contributed by atoms with Crippen LogP contribution in [-0.2, 0) is 14.3 Å². The lowest BCUT2D eigenvalue weighted by atomic mass is 9.95. The summed E-state index contributed by atoms with van der Waals surface area (Å²) >= 11 is 0. The van der Waals surface area contributed by atoms with Gasteiger partial charge in [0, 0.05) is 32.7 Å². The number of carbonyl (C=O) groups excluding carboxylic acids is 2. The molecule has 0 radical (unpaired) electrons. The molecule has 0 aromatic heterocycles. The molecule has 2 aromatic carbocycles. The molecular formula is C25H32N2O3. The predicted octanol–water partition coefficient (Wildman–Crippen LogP) is 3.53. The molecular weight excluding hydrogens is 376 g/mol. The van der Waals surface area contributed by atoms with Crippen LogP contribution in [-0.4, -0.2) is 60.9 Å². The Kier molecular flexibility index (Phi) is 7.77. The molecule has 0 atom stereocenters. The lowest BCUT2D eigenvalue weighted by molar-refractivity contribution is -0.146. The maximum Gasteiger partial charge on any atom is 0.313 e. The summed E-state index contributed by atoms with van der Waals surface area (Å²) in [6.07, 6.45) is -0.136. The van der Waals surface area contributed by atoms with Crippen molar-refractivity contribution in [1.29, 1.82) is 0 Å². The predicted molar refractivity (Wildman–Crippen MR) is 118 cm³/mol. The number of esters is 1. The van der Waals surface area contributed by atoms with Crippen LogP contribution in [0.2, 0.25) is 0 Å². The number of nitrogens with zero attached hydrogens (tertiary/aromatic N) is 2. The highest BCUT2D eigenvalue weighted by molar-refractivity contribution is 5.94. The molecule has 1 heterocycles. The molecule has 5 nitrogen and oxygen atoms in total. The first-order chi connectivity index (χ1) is 14.4. The number of benzene rings is 2.